The number of benzene rings is 8. The second-order valence-electron chi connectivity index (χ2n) is 15.3. The molecule has 0 aliphatic heterocycles. The van der Waals surface area contributed by atoms with E-state index in [0.717, 1.165) is 5.69 Å². The van der Waals surface area contributed by atoms with E-state index in [1.165, 1.54) is 99.0 Å². The van der Waals surface area contributed by atoms with Gasteiger partial charge < -0.3 is 13.7 Å². The van der Waals surface area contributed by atoms with Gasteiger partial charge >= 0.3 is 0 Å². The van der Waals surface area contributed by atoms with E-state index in [9.17, 15) is 0 Å². The molecule has 3 heterocycles. The Labute approximate surface area is 312 Å². The normalized spacial score (nSPS) is 13.5. The van der Waals surface area contributed by atoms with Crippen LogP contribution in [0.5, 0.6) is 0 Å². The van der Waals surface area contributed by atoms with Gasteiger partial charge in [0.25, 0.3) is 0 Å². The Hall–Kier alpha value is -6.84. The number of nitrogens with zero attached hydrogens (tertiary/aromatic N) is 3. The highest BCUT2D eigenvalue weighted by atomic mass is 15.0. The second kappa shape index (κ2) is 10.6. The fourth-order valence-electron chi connectivity index (χ4n) is 10.0. The minimum Gasteiger partial charge on any atom is -0.309 e. The molecule has 3 nitrogen and oxygen atoms in total. The lowest BCUT2D eigenvalue weighted by Crippen LogP contribution is -2.15. The minimum atomic E-state index is -0.224. The summed E-state index contributed by atoms with van der Waals surface area (Å²) in [5, 5.41) is 7.69. The number of rotatable bonds is 3. The van der Waals surface area contributed by atoms with Crippen LogP contribution < -0.4 is 0 Å². The van der Waals surface area contributed by atoms with Crippen molar-refractivity contribution in [1.29, 1.82) is 0 Å². The summed E-state index contributed by atoms with van der Waals surface area (Å²) in [6.45, 7) is 4.85. The summed E-state index contributed by atoms with van der Waals surface area (Å²) in [5.41, 5.74) is 16.1. The monoisotopic (exact) mass is 689 g/mol. The molecular weight excluding hydrogens is 655 g/mol. The summed E-state index contributed by atoms with van der Waals surface area (Å²) < 4.78 is 7.50. The summed E-state index contributed by atoms with van der Waals surface area (Å²) in [4.78, 5) is 0. The van der Waals surface area contributed by atoms with Crippen molar-refractivity contribution in [2.75, 3.05) is 0 Å². The Morgan fingerprint density at radius 2 is 0.870 bits per heavy atom. The van der Waals surface area contributed by atoms with Gasteiger partial charge in [-0.05, 0) is 77.4 Å². The van der Waals surface area contributed by atoms with Crippen LogP contribution >= 0.6 is 0 Å². The smallest absolute Gasteiger partial charge is 0.0644 e. The van der Waals surface area contributed by atoms with Gasteiger partial charge in [0.2, 0.25) is 0 Å². The van der Waals surface area contributed by atoms with Gasteiger partial charge in [0.05, 0.1) is 33.1 Å². The average Bonchev–Trinajstić information content (AvgIpc) is 3.92. The zero-order valence-electron chi connectivity index (χ0n) is 30.1. The van der Waals surface area contributed by atoms with Gasteiger partial charge in [0, 0.05) is 60.4 Å². The van der Waals surface area contributed by atoms with Crippen LogP contribution in [0.2, 0.25) is 0 Å². The fraction of sp³-hybridized carbons (Fsp3) is 0.0588. The maximum Gasteiger partial charge on any atom is 0.0644 e. The quantitative estimate of drug-likeness (QED) is 0.175. The van der Waals surface area contributed by atoms with E-state index in [1.807, 2.05) is 0 Å². The van der Waals surface area contributed by atoms with E-state index in [4.69, 9.17) is 0 Å². The highest BCUT2D eigenvalue weighted by Crippen LogP contribution is 2.58. The topological polar surface area (TPSA) is 14.8 Å². The van der Waals surface area contributed by atoms with Gasteiger partial charge in [0.15, 0.2) is 0 Å². The van der Waals surface area contributed by atoms with Crippen LogP contribution in [0.4, 0.5) is 0 Å². The number of fused-ring (bicyclic) bond motifs is 15. The Kier molecular flexibility index (Phi) is 5.84. The molecule has 0 saturated carbocycles. The van der Waals surface area contributed by atoms with Gasteiger partial charge in [-0.3, -0.25) is 0 Å². The molecule has 12 rings (SSSR count). The van der Waals surface area contributed by atoms with E-state index in [2.05, 4.69) is 203 Å². The Bertz CT molecular complexity index is 3340. The summed E-state index contributed by atoms with van der Waals surface area (Å²) in [6, 6.07) is 64.8. The lowest BCUT2D eigenvalue weighted by molar-refractivity contribution is 0.667. The predicted octanol–water partition coefficient (Wildman–Crippen LogP) is 13.3. The van der Waals surface area contributed by atoms with Gasteiger partial charge in [0.1, 0.15) is 0 Å². The van der Waals surface area contributed by atoms with Crippen molar-refractivity contribution in [3.8, 4) is 28.2 Å². The average molecular weight is 690 g/mol. The molecular formula is C51H35N3. The van der Waals surface area contributed by atoms with E-state index in [-0.39, 0.29) is 5.41 Å². The minimum absolute atomic E-state index is 0.224. The third-order valence-electron chi connectivity index (χ3n) is 12.2. The van der Waals surface area contributed by atoms with Crippen molar-refractivity contribution < 1.29 is 0 Å². The van der Waals surface area contributed by atoms with Gasteiger partial charge in [-0.1, -0.05) is 129 Å². The van der Waals surface area contributed by atoms with Crippen molar-refractivity contribution in [2.45, 2.75) is 19.3 Å². The van der Waals surface area contributed by atoms with E-state index in [1.54, 1.807) is 0 Å². The first-order chi connectivity index (χ1) is 26.6. The van der Waals surface area contributed by atoms with Crippen LogP contribution in [0.15, 0.2) is 176 Å². The van der Waals surface area contributed by atoms with Gasteiger partial charge in [-0.25, -0.2) is 0 Å². The molecule has 3 heteroatoms. The van der Waals surface area contributed by atoms with E-state index >= 15 is 0 Å². The molecule has 0 unspecified atom stereocenters. The highest BCUT2D eigenvalue weighted by molar-refractivity contribution is 6.31. The van der Waals surface area contributed by atoms with Crippen LogP contribution in [-0.4, -0.2) is 13.7 Å². The Morgan fingerprint density at radius 3 is 1.56 bits per heavy atom. The van der Waals surface area contributed by atoms with Crippen molar-refractivity contribution in [3.63, 3.8) is 0 Å². The second-order valence-corrected chi connectivity index (χ2v) is 15.3. The van der Waals surface area contributed by atoms with E-state index in [0.29, 0.717) is 0 Å². The molecule has 54 heavy (non-hydrogen) atoms. The molecule has 1 aliphatic carbocycles. The summed E-state index contributed by atoms with van der Waals surface area (Å²) in [5.74, 6) is 0. The van der Waals surface area contributed by atoms with Crippen molar-refractivity contribution in [3.05, 3.63) is 187 Å². The summed E-state index contributed by atoms with van der Waals surface area (Å²) in [6.07, 6.45) is 0. The van der Waals surface area contributed by atoms with Crippen LogP contribution in [0.3, 0.4) is 0 Å². The predicted molar refractivity (Wildman–Crippen MR) is 227 cm³/mol. The zero-order chi connectivity index (χ0) is 35.7. The summed E-state index contributed by atoms with van der Waals surface area (Å²) >= 11 is 0. The number of hydrogen-bond acceptors (Lipinski definition) is 0. The standard InChI is InChI=1S/C51H35N3/c1-51(2)40-25-13-9-22-36(40)45-48(51)46-37-23-11-15-27-42(37)53(33-19-7-4-8-20-33)50(46)47-38-24-12-16-28-43(38)54(49(45)47)34-29-30-44-39(31-34)35-21-10-14-26-41(35)52(44)32-17-5-3-6-18-32/h3-31H,1-2H3. The molecule has 0 N–H and O–H groups in total. The molecule has 254 valence electrons. The van der Waals surface area contributed by atoms with Gasteiger partial charge in [-0.2, -0.15) is 0 Å². The lowest BCUT2D eigenvalue weighted by atomic mass is 9.80. The van der Waals surface area contributed by atoms with Crippen molar-refractivity contribution in [1.82, 2.24) is 13.7 Å². The number of hydrogen-bond donors (Lipinski definition) is 0. The Morgan fingerprint density at radius 1 is 0.370 bits per heavy atom. The highest BCUT2D eigenvalue weighted by Gasteiger charge is 2.41. The number of para-hydroxylation sites is 5. The lowest BCUT2D eigenvalue weighted by Gasteiger charge is -2.23. The molecule has 0 radical (unpaired) electrons. The largest absolute Gasteiger partial charge is 0.309 e. The van der Waals surface area contributed by atoms with Crippen LogP contribution in [0.1, 0.15) is 25.0 Å². The fourth-order valence-corrected chi connectivity index (χ4v) is 10.0. The first kappa shape index (κ1) is 29.7. The first-order valence-electron chi connectivity index (χ1n) is 18.9. The van der Waals surface area contributed by atoms with Crippen LogP contribution in [-0.2, 0) is 5.41 Å². The van der Waals surface area contributed by atoms with Crippen molar-refractivity contribution in [2.24, 2.45) is 0 Å². The third-order valence-corrected chi connectivity index (χ3v) is 12.2. The third kappa shape index (κ3) is 3.71. The Balaban J connectivity index is 1.32. The maximum absolute atomic E-state index is 2.57. The molecule has 0 atom stereocenters. The summed E-state index contributed by atoms with van der Waals surface area (Å²) in [7, 11) is 0. The zero-order valence-corrected chi connectivity index (χ0v) is 30.1. The molecule has 0 amide bonds. The van der Waals surface area contributed by atoms with E-state index < -0.39 is 0 Å². The molecule has 0 fully saturated rings. The number of aromatic nitrogens is 3. The maximum atomic E-state index is 2.57. The van der Waals surface area contributed by atoms with Crippen molar-refractivity contribution >= 4 is 65.4 Å². The molecule has 0 bridgehead atoms. The van der Waals surface area contributed by atoms with Gasteiger partial charge in [-0.15, -0.1) is 0 Å². The molecule has 3 aromatic heterocycles. The molecule has 8 aromatic carbocycles. The molecule has 11 aromatic rings. The first-order valence-corrected chi connectivity index (χ1v) is 18.9. The van der Waals surface area contributed by atoms with Crippen LogP contribution in [0, 0.1) is 0 Å². The molecule has 0 spiro atoms. The van der Waals surface area contributed by atoms with Crippen LogP contribution in [0.25, 0.3) is 93.6 Å². The molecule has 0 saturated heterocycles. The SMILES string of the molecule is CC1(C)c2ccccc2-c2c1c1c3ccccc3n(-c3ccccc3)c1c1c3ccccc3n(-c3ccc4c(c3)c3ccccc3n4-c3ccccc3)c21. The molecule has 1 aliphatic rings.